The highest BCUT2D eigenvalue weighted by atomic mass is 35.5. The van der Waals surface area contributed by atoms with Gasteiger partial charge in [0.15, 0.2) is 12.4 Å². The van der Waals surface area contributed by atoms with Gasteiger partial charge in [-0.1, -0.05) is 43.6 Å². The van der Waals surface area contributed by atoms with Crippen LogP contribution in [0.5, 0.6) is 5.75 Å². The molecule has 0 radical (unpaired) electrons. The molecular formula is C25H28ClFN4O2. The fourth-order valence-corrected chi connectivity index (χ4v) is 4.04. The number of halogens is 2. The van der Waals surface area contributed by atoms with E-state index in [2.05, 4.69) is 36.0 Å². The predicted molar refractivity (Wildman–Crippen MR) is 126 cm³/mol. The highest BCUT2D eigenvalue weighted by Crippen LogP contribution is 2.22. The molecule has 1 aliphatic rings. The van der Waals surface area contributed by atoms with Gasteiger partial charge in [-0.05, 0) is 41.8 Å². The lowest BCUT2D eigenvalue weighted by Gasteiger charge is -2.34. The van der Waals surface area contributed by atoms with Crippen molar-refractivity contribution in [3.8, 4) is 5.75 Å². The zero-order valence-corrected chi connectivity index (χ0v) is 19.6. The van der Waals surface area contributed by atoms with E-state index >= 15 is 0 Å². The van der Waals surface area contributed by atoms with Gasteiger partial charge < -0.3 is 9.64 Å². The van der Waals surface area contributed by atoms with Crippen LogP contribution in [-0.4, -0.2) is 51.7 Å². The van der Waals surface area contributed by atoms with Crippen molar-refractivity contribution in [3.63, 3.8) is 0 Å². The largest absolute Gasteiger partial charge is 0.471 e. The lowest BCUT2D eigenvalue weighted by molar-refractivity contribution is 0.0619. The number of amides is 1. The summed E-state index contributed by atoms with van der Waals surface area (Å²) in [6.07, 6.45) is 1.74. The number of hydrogen-bond acceptors (Lipinski definition) is 4. The van der Waals surface area contributed by atoms with Gasteiger partial charge in [-0.15, -0.1) is 0 Å². The highest BCUT2D eigenvalue weighted by molar-refractivity contribution is 6.31. The molecule has 3 aromatic rings. The van der Waals surface area contributed by atoms with Gasteiger partial charge in [-0.3, -0.25) is 9.69 Å². The summed E-state index contributed by atoms with van der Waals surface area (Å²) < 4.78 is 21.5. The van der Waals surface area contributed by atoms with E-state index in [0.29, 0.717) is 54.9 Å². The summed E-state index contributed by atoms with van der Waals surface area (Å²) in [5.41, 5.74) is 2.14. The van der Waals surface area contributed by atoms with E-state index < -0.39 is 0 Å². The van der Waals surface area contributed by atoms with E-state index in [1.807, 2.05) is 12.1 Å². The highest BCUT2D eigenvalue weighted by Gasteiger charge is 2.24. The topological polar surface area (TPSA) is 50.6 Å². The first-order chi connectivity index (χ1) is 15.9. The summed E-state index contributed by atoms with van der Waals surface area (Å²) in [6, 6.07) is 14.4. The van der Waals surface area contributed by atoms with Crippen LogP contribution in [0.3, 0.4) is 0 Å². The summed E-state index contributed by atoms with van der Waals surface area (Å²) in [6.45, 7) is 7.35. The second-order valence-corrected chi connectivity index (χ2v) is 8.91. The molecule has 0 atom stereocenters. The summed E-state index contributed by atoms with van der Waals surface area (Å²) in [7, 11) is 0. The third-order valence-corrected chi connectivity index (χ3v) is 6.23. The monoisotopic (exact) mass is 470 g/mol. The van der Waals surface area contributed by atoms with E-state index in [1.165, 1.54) is 11.6 Å². The Hall–Kier alpha value is -2.90. The van der Waals surface area contributed by atoms with Gasteiger partial charge in [0.1, 0.15) is 11.6 Å². The van der Waals surface area contributed by atoms with Crippen LogP contribution in [-0.2, 0) is 13.3 Å². The maximum absolute atomic E-state index is 14.1. The average molecular weight is 471 g/mol. The molecule has 0 spiro atoms. The molecule has 1 saturated heterocycles. The van der Waals surface area contributed by atoms with Crippen LogP contribution < -0.4 is 4.74 Å². The van der Waals surface area contributed by atoms with Gasteiger partial charge in [0.2, 0.25) is 0 Å². The molecular weight excluding hydrogens is 443 g/mol. The number of hydrogen-bond donors (Lipinski definition) is 0. The Morgan fingerprint density at radius 3 is 2.48 bits per heavy atom. The Labute approximate surface area is 198 Å². The normalized spacial score (nSPS) is 14.6. The number of ether oxygens (including phenoxy) is 1. The van der Waals surface area contributed by atoms with E-state index in [-0.39, 0.29) is 18.5 Å². The van der Waals surface area contributed by atoms with Gasteiger partial charge in [0.25, 0.3) is 5.91 Å². The van der Waals surface area contributed by atoms with Crippen LogP contribution in [0.1, 0.15) is 41.4 Å². The van der Waals surface area contributed by atoms with Crippen LogP contribution in [0, 0.1) is 5.82 Å². The van der Waals surface area contributed by atoms with Gasteiger partial charge in [0.05, 0.1) is 0 Å². The number of carbonyl (C=O) groups excluding carboxylic acids is 1. The predicted octanol–water partition coefficient (Wildman–Crippen LogP) is 4.79. The molecule has 6 nitrogen and oxygen atoms in total. The average Bonchev–Trinajstić information content (AvgIpc) is 3.29. The Kier molecular flexibility index (Phi) is 7.30. The van der Waals surface area contributed by atoms with Crippen LogP contribution in [0.25, 0.3) is 0 Å². The second-order valence-electron chi connectivity index (χ2n) is 8.51. The fraction of sp³-hybridized carbons (Fsp3) is 0.360. The minimum atomic E-state index is -0.301. The van der Waals surface area contributed by atoms with Crippen molar-refractivity contribution < 1.29 is 13.9 Å². The van der Waals surface area contributed by atoms with E-state index in [4.69, 9.17) is 16.3 Å². The minimum absolute atomic E-state index is 0.112. The molecule has 0 N–H and O–H groups in total. The molecule has 2 heterocycles. The van der Waals surface area contributed by atoms with Crippen LogP contribution in [0.15, 0.2) is 54.7 Å². The maximum atomic E-state index is 14.1. The van der Waals surface area contributed by atoms with Crippen molar-refractivity contribution in [2.75, 3.05) is 26.2 Å². The van der Waals surface area contributed by atoms with E-state index in [0.717, 1.165) is 5.75 Å². The number of nitrogens with zero attached hydrogens (tertiary/aromatic N) is 4. The third-order valence-electron chi connectivity index (χ3n) is 5.87. The first kappa shape index (κ1) is 23.3. The Morgan fingerprint density at radius 1 is 1.09 bits per heavy atom. The van der Waals surface area contributed by atoms with E-state index in [1.54, 1.807) is 34.0 Å². The van der Waals surface area contributed by atoms with Crippen LogP contribution in [0.4, 0.5) is 4.39 Å². The molecule has 4 rings (SSSR count). The zero-order valence-electron chi connectivity index (χ0n) is 18.9. The molecule has 0 unspecified atom stereocenters. The number of carbonyl (C=O) groups is 1. The SMILES string of the molecule is CC(C)c1ccc(OCn2ccc(C(=O)N3CCN(Cc4c(F)cccc4Cl)CC3)n2)cc1. The molecule has 1 amide bonds. The quantitative estimate of drug-likeness (QED) is 0.498. The smallest absolute Gasteiger partial charge is 0.274 e. The number of rotatable bonds is 7. The van der Waals surface area contributed by atoms with Crippen LogP contribution >= 0.6 is 11.6 Å². The Bertz CT molecular complexity index is 1070. The molecule has 0 aliphatic carbocycles. The summed E-state index contributed by atoms with van der Waals surface area (Å²) in [4.78, 5) is 16.7. The Morgan fingerprint density at radius 2 is 1.82 bits per heavy atom. The summed E-state index contributed by atoms with van der Waals surface area (Å²) >= 11 is 6.14. The number of piperazine rings is 1. The van der Waals surface area contributed by atoms with Gasteiger partial charge >= 0.3 is 0 Å². The standard InChI is InChI=1S/C25H28ClFN4O2/c1-18(2)19-6-8-20(9-7-19)33-17-31-11-10-24(28-31)25(32)30-14-12-29(13-15-30)16-21-22(26)4-3-5-23(21)27/h3-11,18H,12-17H2,1-2H3. The lowest BCUT2D eigenvalue weighted by Crippen LogP contribution is -2.48. The third kappa shape index (κ3) is 5.72. The molecule has 2 aromatic carbocycles. The van der Waals surface area contributed by atoms with Crippen molar-refractivity contribution in [1.29, 1.82) is 0 Å². The molecule has 0 saturated carbocycles. The molecule has 174 valence electrons. The first-order valence-electron chi connectivity index (χ1n) is 11.1. The molecule has 1 aliphatic heterocycles. The molecule has 0 bridgehead atoms. The zero-order chi connectivity index (χ0) is 23.4. The van der Waals surface area contributed by atoms with Crippen LogP contribution in [0.2, 0.25) is 5.02 Å². The van der Waals surface area contributed by atoms with Crippen molar-refractivity contribution in [3.05, 3.63) is 82.4 Å². The van der Waals surface area contributed by atoms with Crippen molar-refractivity contribution in [2.45, 2.75) is 33.0 Å². The second kappa shape index (κ2) is 10.4. The molecule has 1 fully saturated rings. The Balaban J connectivity index is 1.28. The minimum Gasteiger partial charge on any atom is -0.471 e. The van der Waals surface area contributed by atoms with Crippen molar-refractivity contribution in [1.82, 2.24) is 19.6 Å². The number of benzene rings is 2. The maximum Gasteiger partial charge on any atom is 0.274 e. The van der Waals surface area contributed by atoms with Crippen molar-refractivity contribution in [2.24, 2.45) is 0 Å². The van der Waals surface area contributed by atoms with Gasteiger partial charge in [-0.25, -0.2) is 9.07 Å². The number of aromatic nitrogens is 2. The summed E-state index contributed by atoms with van der Waals surface area (Å²) in [5.74, 6) is 0.815. The summed E-state index contributed by atoms with van der Waals surface area (Å²) in [5, 5.41) is 4.80. The molecule has 1 aromatic heterocycles. The van der Waals surface area contributed by atoms with Crippen molar-refractivity contribution >= 4 is 17.5 Å². The lowest BCUT2D eigenvalue weighted by atomic mass is 10.0. The van der Waals surface area contributed by atoms with E-state index in [9.17, 15) is 9.18 Å². The first-order valence-corrected chi connectivity index (χ1v) is 11.5. The van der Waals surface area contributed by atoms with Gasteiger partial charge in [0, 0.05) is 49.5 Å². The molecule has 8 heteroatoms. The van der Waals surface area contributed by atoms with Gasteiger partial charge in [-0.2, -0.15) is 5.10 Å². The fourth-order valence-electron chi connectivity index (χ4n) is 3.82. The molecule has 33 heavy (non-hydrogen) atoms.